The Hall–Kier alpha value is -1.53. The summed E-state index contributed by atoms with van der Waals surface area (Å²) in [5.74, 6) is -3.06. The minimum atomic E-state index is -1.11. The van der Waals surface area contributed by atoms with Crippen molar-refractivity contribution in [2.45, 2.75) is 6.04 Å². The van der Waals surface area contributed by atoms with Crippen LogP contribution in [-0.4, -0.2) is 24.3 Å². The van der Waals surface area contributed by atoms with E-state index < -0.39 is 30.3 Å². The zero-order chi connectivity index (χ0) is 12.1. The summed E-state index contributed by atoms with van der Waals surface area (Å²) in [6, 6.07) is 2.56. The molecule has 4 nitrogen and oxygen atoms in total. The summed E-state index contributed by atoms with van der Waals surface area (Å²) in [6.45, 7) is -0.547. The molecule has 1 aromatic carbocycles. The fourth-order valence-electron chi connectivity index (χ4n) is 1.11. The average molecular weight is 231 g/mol. The highest BCUT2D eigenvalue weighted by atomic mass is 19.2. The summed E-state index contributed by atoms with van der Waals surface area (Å²) in [4.78, 5) is 10.1. The van der Waals surface area contributed by atoms with E-state index in [9.17, 15) is 13.6 Å². The Morgan fingerprint density at radius 3 is 2.69 bits per heavy atom. The summed E-state index contributed by atoms with van der Waals surface area (Å²) in [5, 5.41) is 8.30. The van der Waals surface area contributed by atoms with Crippen LogP contribution in [0.4, 0.5) is 8.78 Å². The molecule has 0 bridgehead atoms. The second kappa shape index (κ2) is 5.53. The molecule has 88 valence electrons. The van der Waals surface area contributed by atoms with Crippen molar-refractivity contribution in [3.8, 4) is 0 Å². The molecule has 0 aromatic heterocycles. The number of carbonyl (C=O) groups is 1. The molecule has 1 unspecified atom stereocenters. The van der Waals surface area contributed by atoms with Gasteiger partial charge in [-0.1, -0.05) is 6.07 Å². The number of hydrogen-bond acceptors (Lipinski definition) is 3. The van der Waals surface area contributed by atoms with Crippen LogP contribution in [0.1, 0.15) is 11.6 Å². The van der Waals surface area contributed by atoms with Crippen LogP contribution >= 0.6 is 0 Å². The lowest BCUT2D eigenvalue weighted by atomic mass is 10.1. The van der Waals surface area contributed by atoms with Gasteiger partial charge in [-0.25, -0.2) is 13.6 Å². The average Bonchev–Trinajstić information content (AvgIpc) is 2.21. The van der Waals surface area contributed by atoms with Crippen molar-refractivity contribution < 1.29 is 23.4 Å². The van der Waals surface area contributed by atoms with Crippen LogP contribution in [0.2, 0.25) is 0 Å². The Morgan fingerprint density at radius 1 is 1.44 bits per heavy atom. The van der Waals surface area contributed by atoms with Crippen molar-refractivity contribution in [2.75, 3.05) is 13.2 Å². The molecule has 6 heteroatoms. The molecule has 0 radical (unpaired) electrons. The number of halogens is 2. The highest BCUT2D eigenvalue weighted by Crippen LogP contribution is 2.14. The largest absolute Gasteiger partial charge is 0.480 e. The monoisotopic (exact) mass is 231 g/mol. The van der Waals surface area contributed by atoms with Gasteiger partial charge in [-0.05, 0) is 17.7 Å². The Bertz CT molecular complexity index is 384. The smallest absolute Gasteiger partial charge is 0.329 e. The molecule has 0 aliphatic heterocycles. The Labute approximate surface area is 90.6 Å². The first-order valence-electron chi connectivity index (χ1n) is 4.50. The van der Waals surface area contributed by atoms with E-state index in [2.05, 4.69) is 0 Å². The fourth-order valence-corrected chi connectivity index (χ4v) is 1.11. The molecule has 0 amide bonds. The van der Waals surface area contributed by atoms with Gasteiger partial charge < -0.3 is 15.6 Å². The van der Waals surface area contributed by atoms with Crippen LogP contribution in [0, 0.1) is 11.6 Å². The van der Waals surface area contributed by atoms with Gasteiger partial charge in [0.1, 0.15) is 6.61 Å². The Kier molecular flexibility index (Phi) is 4.33. The molecule has 1 atom stereocenters. The summed E-state index contributed by atoms with van der Waals surface area (Å²) in [7, 11) is 0. The molecule has 1 aromatic rings. The number of ether oxygens (including phenoxy) is 1. The standard InChI is InChI=1S/C10H11F2NO3/c11-7-2-1-6(3-8(7)12)9(13)4-16-5-10(14)15/h1-3,9H,4-5,13H2,(H,14,15). The number of carboxylic acid groups (broad SMARTS) is 1. The molecule has 3 N–H and O–H groups in total. The zero-order valence-corrected chi connectivity index (χ0v) is 8.32. The van der Waals surface area contributed by atoms with Gasteiger partial charge in [0.05, 0.1) is 12.6 Å². The van der Waals surface area contributed by atoms with Crippen molar-refractivity contribution in [1.29, 1.82) is 0 Å². The van der Waals surface area contributed by atoms with Gasteiger partial charge in [0.15, 0.2) is 11.6 Å². The van der Waals surface area contributed by atoms with E-state index in [0.717, 1.165) is 12.1 Å². The quantitative estimate of drug-likeness (QED) is 0.794. The number of nitrogens with two attached hydrogens (primary N) is 1. The molecule has 0 fully saturated rings. The van der Waals surface area contributed by atoms with Gasteiger partial charge in [-0.2, -0.15) is 0 Å². The molecule has 1 rings (SSSR count). The molecular weight excluding hydrogens is 220 g/mol. The number of hydrogen-bond donors (Lipinski definition) is 2. The van der Waals surface area contributed by atoms with Gasteiger partial charge in [-0.15, -0.1) is 0 Å². The van der Waals surface area contributed by atoms with E-state index in [1.807, 2.05) is 0 Å². The lowest BCUT2D eigenvalue weighted by molar-refractivity contribution is -0.142. The molecule has 0 aliphatic carbocycles. The zero-order valence-electron chi connectivity index (χ0n) is 8.32. The van der Waals surface area contributed by atoms with Crippen molar-refractivity contribution in [3.05, 3.63) is 35.4 Å². The molecular formula is C10H11F2NO3. The van der Waals surface area contributed by atoms with E-state index in [1.165, 1.54) is 6.07 Å². The Morgan fingerprint density at radius 2 is 2.12 bits per heavy atom. The first kappa shape index (κ1) is 12.5. The fraction of sp³-hybridized carbons (Fsp3) is 0.300. The van der Waals surface area contributed by atoms with Gasteiger partial charge in [0, 0.05) is 0 Å². The summed E-state index contributed by atoms with van der Waals surface area (Å²) >= 11 is 0. The third kappa shape index (κ3) is 3.56. The summed E-state index contributed by atoms with van der Waals surface area (Å²) < 4.78 is 30.2. The van der Waals surface area contributed by atoms with Gasteiger partial charge in [-0.3, -0.25) is 0 Å². The SMILES string of the molecule is NC(COCC(=O)O)c1ccc(F)c(F)c1. The molecule has 0 spiro atoms. The molecule has 0 saturated carbocycles. The van der Waals surface area contributed by atoms with Gasteiger partial charge in [0.25, 0.3) is 0 Å². The second-order valence-corrected chi connectivity index (χ2v) is 3.19. The van der Waals surface area contributed by atoms with Crippen LogP contribution in [0.15, 0.2) is 18.2 Å². The Balaban J connectivity index is 2.55. The number of benzene rings is 1. The maximum absolute atomic E-state index is 12.8. The van der Waals surface area contributed by atoms with Crippen LogP contribution in [-0.2, 0) is 9.53 Å². The first-order chi connectivity index (χ1) is 7.50. The molecule has 0 aliphatic rings. The van der Waals surface area contributed by atoms with Crippen molar-refractivity contribution in [2.24, 2.45) is 5.73 Å². The van der Waals surface area contributed by atoms with Crippen LogP contribution in [0.25, 0.3) is 0 Å². The molecule has 0 saturated heterocycles. The van der Waals surface area contributed by atoms with E-state index >= 15 is 0 Å². The number of carboxylic acids is 1. The van der Waals surface area contributed by atoms with E-state index in [4.69, 9.17) is 15.6 Å². The predicted octanol–water partition coefficient (Wildman–Crippen LogP) is 1.07. The molecule has 0 heterocycles. The van der Waals surface area contributed by atoms with Crippen molar-refractivity contribution >= 4 is 5.97 Å². The third-order valence-corrected chi connectivity index (χ3v) is 1.89. The highest BCUT2D eigenvalue weighted by Gasteiger charge is 2.10. The second-order valence-electron chi connectivity index (χ2n) is 3.19. The highest BCUT2D eigenvalue weighted by molar-refractivity contribution is 5.67. The summed E-state index contributed by atoms with van der Waals surface area (Å²) in [5.41, 5.74) is 5.94. The lowest BCUT2D eigenvalue weighted by Crippen LogP contribution is -2.19. The van der Waals surface area contributed by atoms with E-state index in [-0.39, 0.29) is 6.61 Å². The van der Waals surface area contributed by atoms with Crippen LogP contribution in [0.3, 0.4) is 0 Å². The normalized spacial score (nSPS) is 12.4. The third-order valence-electron chi connectivity index (χ3n) is 1.89. The first-order valence-corrected chi connectivity index (χ1v) is 4.50. The number of aliphatic carboxylic acids is 1. The van der Waals surface area contributed by atoms with Crippen LogP contribution in [0.5, 0.6) is 0 Å². The van der Waals surface area contributed by atoms with E-state index in [0.29, 0.717) is 5.56 Å². The van der Waals surface area contributed by atoms with E-state index in [1.54, 1.807) is 0 Å². The number of rotatable bonds is 5. The van der Waals surface area contributed by atoms with Crippen LogP contribution < -0.4 is 5.73 Å². The topological polar surface area (TPSA) is 72.5 Å². The summed E-state index contributed by atoms with van der Waals surface area (Å²) in [6.07, 6.45) is 0. The lowest BCUT2D eigenvalue weighted by Gasteiger charge is -2.11. The van der Waals surface area contributed by atoms with Gasteiger partial charge in [0.2, 0.25) is 0 Å². The molecule has 16 heavy (non-hydrogen) atoms. The minimum Gasteiger partial charge on any atom is -0.480 e. The predicted molar refractivity (Wildman–Crippen MR) is 51.7 cm³/mol. The van der Waals surface area contributed by atoms with Gasteiger partial charge >= 0.3 is 5.97 Å². The van der Waals surface area contributed by atoms with Crippen molar-refractivity contribution in [1.82, 2.24) is 0 Å². The maximum Gasteiger partial charge on any atom is 0.329 e. The maximum atomic E-state index is 12.8. The minimum absolute atomic E-state index is 0.0721. The van der Waals surface area contributed by atoms with Crippen molar-refractivity contribution in [3.63, 3.8) is 0 Å².